The largest absolute Gasteiger partial charge is 0.392 e. The molecule has 0 heterocycles. The minimum absolute atomic E-state index is 0.0911. The van der Waals surface area contributed by atoms with Crippen LogP contribution in [0.4, 0.5) is 0 Å². The van der Waals surface area contributed by atoms with Crippen LogP contribution >= 0.6 is 0 Å². The van der Waals surface area contributed by atoms with E-state index in [-0.39, 0.29) is 6.10 Å². The smallest absolute Gasteiger partial charge is 0.0668 e. The van der Waals surface area contributed by atoms with Gasteiger partial charge in [-0.3, -0.25) is 0 Å². The highest BCUT2D eigenvalue weighted by molar-refractivity contribution is 5.14. The van der Waals surface area contributed by atoms with Crippen LogP contribution in [0.25, 0.3) is 0 Å². The molecule has 1 N–H and O–H groups in total. The number of hydrogen-bond acceptors (Lipinski definition) is 2. The SMILES string of the molecule is CCOCCC1CC2C=CC1C2O. The summed E-state index contributed by atoms with van der Waals surface area (Å²) in [4.78, 5) is 0. The number of hydrogen-bond donors (Lipinski definition) is 1. The fourth-order valence-corrected chi connectivity index (χ4v) is 2.63. The minimum atomic E-state index is -0.0911. The van der Waals surface area contributed by atoms with Crippen molar-refractivity contribution in [3.05, 3.63) is 12.2 Å². The summed E-state index contributed by atoms with van der Waals surface area (Å²) in [5.74, 6) is 1.53. The van der Waals surface area contributed by atoms with Crippen LogP contribution in [0.5, 0.6) is 0 Å². The molecule has 0 saturated heterocycles. The van der Waals surface area contributed by atoms with E-state index in [1.165, 1.54) is 0 Å². The topological polar surface area (TPSA) is 29.5 Å². The third-order valence-electron chi connectivity index (χ3n) is 3.37. The van der Waals surface area contributed by atoms with Crippen molar-refractivity contribution < 1.29 is 9.84 Å². The summed E-state index contributed by atoms with van der Waals surface area (Å²) < 4.78 is 5.33. The number of fused-ring (bicyclic) bond motifs is 2. The zero-order valence-electron chi connectivity index (χ0n) is 8.15. The van der Waals surface area contributed by atoms with Crippen LogP contribution in [0.3, 0.4) is 0 Å². The summed E-state index contributed by atoms with van der Waals surface area (Å²) >= 11 is 0. The van der Waals surface area contributed by atoms with Gasteiger partial charge in [-0.25, -0.2) is 0 Å². The quantitative estimate of drug-likeness (QED) is 0.528. The van der Waals surface area contributed by atoms with Crippen molar-refractivity contribution in [2.45, 2.75) is 25.9 Å². The highest BCUT2D eigenvalue weighted by Crippen LogP contribution is 2.45. The molecule has 0 spiro atoms. The van der Waals surface area contributed by atoms with E-state index in [0.717, 1.165) is 26.1 Å². The number of aliphatic hydroxyl groups is 1. The van der Waals surface area contributed by atoms with E-state index in [4.69, 9.17) is 4.74 Å². The lowest BCUT2D eigenvalue weighted by molar-refractivity contribution is 0.109. The summed E-state index contributed by atoms with van der Waals surface area (Å²) in [7, 11) is 0. The van der Waals surface area contributed by atoms with E-state index in [1.54, 1.807) is 0 Å². The van der Waals surface area contributed by atoms with Gasteiger partial charge >= 0.3 is 0 Å². The van der Waals surface area contributed by atoms with E-state index in [9.17, 15) is 5.11 Å². The Balaban J connectivity index is 1.80. The molecular weight excluding hydrogens is 164 g/mol. The van der Waals surface area contributed by atoms with Gasteiger partial charge in [0.25, 0.3) is 0 Å². The van der Waals surface area contributed by atoms with Gasteiger partial charge in [0.2, 0.25) is 0 Å². The zero-order valence-corrected chi connectivity index (χ0v) is 8.15. The molecule has 1 fully saturated rings. The Morgan fingerprint density at radius 1 is 1.46 bits per heavy atom. The average Bonchev–Trinajstić information content (AvgIpc) is 2.62. The fraction of sp³-hybridized carbons (Fsp3) is 0.818. The predicted molar refractivity (Wildman–Crippen MR) is 51.3 cm³/mol. The first-order chi connectivity index (χ1) is 6.33. The van der Waals surface area contributed by atoms with Crippen LogP contribution in [0, 0.1) is 17.8 Å². The summed E-state index contributed by atoms with van der Waals surface area (Å²) in [6, 6.07) is 0. The normalized spacial score (nSPS) is 41.7. The van der Waals surface area contributed by atoms with Crippen LogP contribution in [0.2, 0.25) is 0 Å². The van der Waals surface area contributed by atoms with Crippen LogP contribution in [-0.4, -0.2) is 24.4 Å². The van der Waals surface area contributed by atoms with E-state index in [2.05, 4.69) is 12.2 Å². The summed E-state index contributed by atoms with van der Waals surface area (Å²) in [5.41, 5.74) is 0. The molecular formula is C11H18O2. The van der Waals surface area contributed by atoms with Crippen molar-refractivity contribution >= 4 is 0 Å². The Kier molecular flexibility index (Phi) is 2.70. The first-order valence-corrected chi connectivity index (χ1v) is 5.27. The lowest BCUT2D eigenvalue weighted by atomic mass is 9.91. The van der Waals surface area contributed by atoms with Crippen LogP contribution in [0.15, 0.2) is 12.2 Å². The third kappa shape index (κ3) is 1.65. The van der Waals surface area contributed by atoms with Crippen LogP contribution < -0.4 is 0 Å². The molecule has 0 aromatic carbocycles. The molecule has 0 amide bonds. The minimum Gasteiger partial charge on any atom is -0.392 e. The molecule has 0 aromatic rings. The van der Waals surface area contributed by atoms with Crippen molar-refractivity contribution in [3.63, 3.8) is 0 Å². The fourth-order valence-electron chi connectivity index (χ4n) is 2.63. The van der Waals surface area contributed by atoms with Crippen molar-refractivity contribution in [1.82, 2.24) is 0 Å². The Bertz CT molecular complexity index is 200. The number of aliphatic hydroxyl groups excluding tert-OH is 1. The Morgan fingerprint density at radius 2 is 2.31 bits per heavy atom. The van der Waals surface area contributed by atoms with Crippen LogP contribution in [-0.2, 0) is 4.74 Å². The van der Waals surface area contributed by atoms with Crippen LogP contribution in [0.1, 0.15) is 19.8 Å². The van der Waals surface area contributed by atoms with Gasteiger partial charge in [0.15, 0.2) is 0 Å². The first-order valence-electron chi connectivity index (χ1n) is 5.27. The molecule has 4 atom stereocenters. The molecule has 1 saturated carbocycles. The molecule has 0 radical (unpaired) electrons. The standard InChI is InChI=1S/C11H18O2/c1-2-13-6-5-8-7-9-3-4-10(8)11(9)12/h3-4,8-12H,2,5-7H2,1H3. The van der Waals surface area contributed by atoms with Gasteiger partial charge in [0, 0.05) is 25.0 Å². The van der Waals surface area contributed by atoms with Gasteiger partial charge in [-0.05, 0) is 25.7 Å². The highest BCUT2D eigenvalue weighted by Gasteiger charge is 2.42. The molecule has 2 rings (SSSR count). The van der Waals surface area contributed by atoms with Gasteiger partial charge in [-0.2, -0.15) is 0 Å². The zero-order chi connectivity index (χ0) is 9.26. The van der Waals surface area contributed by atoms with Gasteiger partial charge in [-0.15, -0.1) is 0 Å². The van der Waals surface area contributed by atoms with E-state index in [1.807, 2.05) is 6.92 Å². The molecule has 4 unspecified atom stereocenters. The molecule has 2 aliphatic carbocycles. The maximum absolute atomic E-state index is 9.75. The lowest BCUT2D eigenvalue weighted by Gasteiger charge is -2.17. The monoisotopic (exact) mass is 182 g/mol. The molecule has 2 aliphatic rings. The van der Waals surface area contributed by atoms with E-state index in [0.29, 0.717) is 17.8 Å². The second kappa shape index (κ2) is 3.81. The molecule has 2 nitrogen and oxygen atoms in total. The molecule has 0 aliphatic heterocycles. The van der Waals surface area contributed by atoms with Crippen molar-refractivity contribution in [2.24, 2.45) is 17.8 Å². The number of rotatable bonds is 4. The Morgan fingerprint density at radius 3 is 2.85 bits per heavy atom. The second-order valence-corrected chi connectivity index (χ2v) is 4.10. The van der Waals surface area contributed by atoms with E-state index < -0.39 is 0 Å². The van der Waals surface area contributed by atoms with Gasteiger partial charge in [-0.1, -0.05) is 12.2 Å². The number of ether oxygens (including phenoxy) is 1. The second-order valence-electron chi connectivity index (χ2n) is 4.10. The van der Waals surface area contributed by atoms with E-state index >= 15 is 0 Å². The predicted octanol–water partition coefficient (Wildman–Crippen LogP) is 1.60. The van der Waals surface area contributed by atoms with Crippen molar-refractivity contribution in [2.75, 3.05) is 13.2 Å². The molecule has 2 bridgehead atoms. The van der Waals surface area contributed by atoms with Gasteiger partial charge < -0.3 is 9.84 Å². The molecule has 13 heavy (non-hydrogen) atoms. The molecule has 0 aromatic heterocycles. The maximum atomic E-state index is 9.75. The molecule has 74 valence electrons. The summed E-state index contributed by atoms with van der Waals surface area (Å²) in [5, 5.41) is 9.75. The first kappa shape index (κ1) is 9.22. The highest BCUT2D eigenvalue weighted by atomic mass is 16.5. The lowest BCUT2D eigenvalue weighted by Crippen LogP contribution is -2.16. The summed E-state index contributed by atoms with van der Waals surface area (Å²) in [6.45, 7) is 3.68. The Hall–Kier alpha value is -0.340. The van der Waals surface area contributed by atoms with Crippen molar-refractivity contribution in [3.8, 4) is 0 Å². The maximum Gasteiger partial charge on any atom is 0.0668 e. The Labute approximate surface area is 79.6 Å². The average molecular weight is 182 g/mol. The third-order valence-corrected chi connectivity index (χ3v) is 3.37. The van der Waals surface area contributed by atoms with Gasteiger partial charge in [0.05, 0.1) is 6.10 Å². The summed E-state index contributed by atoms with van der Waals surface area (Å²) in [6.07, 6.45) is 6.54. The van der Waals surface area contributed by atoms with Crippen molar-refractivity contribution in [1.29, 1.82) is 0 Å². The van der Waals surface area contributed by atoms with Gasteiger partial charge in [0.1, 0.15) is 0 Å². The molecule has 2 heteroatoms.